The van der Waals surface area contributed by atoms with E-state index in [-0.39, 0.29) is 5.92 Å². The molecule has 2 aromatic carbocycles. The molecule has 11 nitrogen and oxygen atoms in total. The lowest BCUT2D eigenvalue weighted by Gasteiger charge is -2.13. The number of nitrogens with zero attached hydrogens (tertiary/aromatic N) is 6. The summed E-state index contributed by atoms with van der Waals surface area (Å²) in [6.45, 7) is 0. The fourth-order valence-electron chi connectivity index (χ4n) is 4.84. The van der Waals surface area contributed by atoms with E-state index in [9.17, 15) is 10.0 Å². The second-order valence-corrected chi connectivity index (χ2v) is 9.58. The lowest BCUT2D eigenvalue weighted by molar-refractivity contribution is -0.614. The summed E-state index contributed by atoms with van der Waals surface area (Å²) in [6, 6.07) is 14.0. The third-order valence-corrected chi connectivity index (χ3v) is 6.98. The van der Waals surface area contributed by atoms with Crippen LogP contribution in [0.4, 0.5) is 10.5 Å². The van der Waals surface area contributed by atoms with Crippen LogP contribution in [0.15, 0.2) is 61.1 Å². The van der Waals surface area contributed by atoms with Gasteiger partial charge in [-0.2, -0.15) is 9.41 Å². The molecule has 190 valence electrons. The summed E-state index contributed by atoms with van der Waals surface area (Å²) in [6.07, 6.45) is 3.22. The maximum Gasteiger partial charge on any atom is 0.409 e. The van der Waals surface area contributed by atoms with Crippen LogP contribution in [0.5, 0.6) is 0 Å². The minimum atomic E-state index is -1.14. The zero-order valence-corrected chi connectivity index (χ0v) is 21.0. The first-order chi connectivity index (χ1) is 18.4. The molecular formula is C25H18Cl2N8O3. The van der Waals surface area contributed by atoms with Crippen molar-refractivity contribution in [2.75, 3.05) is 5.32 Å². The number of aromatic nitrogens is 7. The van der Waals surface area contributed by atoms with Gasteiger partial charge >= 0.3 is 6.09 Å². The number of nitrogens with one attached hydrogen (secondary N) is 2. The quantitative estimate of drug-likeness (QED) is 0.210. The van der Waals surface area contributed by atoms with Crippen LogP contribution in [0.3, 0.4) is 0 Å². The summed E-state index contributed by atoms with van der Waals surface area (Å²) < 4.78 is 2.41. The zero-order chi connectivity index (χ0) is 26.4. The normalized spacial score (nSPS) is 14.4. The molecule has 0 saturated heterocycles. The molecule has 3 N–H and O–H groups in total. The van der Waals surface area contributed by atoms with E-state index in [1.807, 2.05) is 6.07 Å². The maximum atomic E-state index is 13.4. The molecule has 1 aliphatic rings. The van der Waals surface area contributed by atoms with Crippen molar-refractivity contribution in [1.82, 2.24) is 30.2 Å². The smallest absolute Gasteiger partial charge is 0.409 e. The molecule has 3 heterocycles. The molecule has 5 aromatic rings. The number of carboxylic acid groups (broad SMARTS) is 1. The molecule has 0 fully saturated rings. The van der Waals surface area contributed by atoms with Crippen molar-refractivity contribution in [1.29, 1.82) is 0 Å². The molecule has 38 heavy (non-hydrogen) atoms. The van der Waals surface area contributed by atoms with Crippen molar-refractivity contribution >= 4 is 35.0 Å². The molecule has 0 aliphatic heterocycles. The molecule has 1 atom stereocenters. The summed E-state index contributed by atoms with van der Waals surface area (Å²) in [5, 5.41) is 36.8. The molecule has 0 saturated carbocycles. The SMILES string of the molecule is O=C(O)Nc1ccc(-c2nc(C3CCc4cc(-c5cc(Cl)ccc5-n5cnnn5)c[n+]([O-])c43)[nH]c2Cl)cc1. The Morgan fingerprint density at radius 2 is 1.97 bits per heavy atom. The highest BCUT2D eigenvalue weighted by molar-refractivity contribution is 6.32. The summed E-state index contributed by atoms with van der Waals surface area (Å²) in [7, 11) is 0. The van der Waals surface area contributed by atoms with Gasteiger partial charge in [-0.05, 0) is 59.7 Å². The van der Waals surface area contributed by atoms with Crippen LogP contribution >= 0.6 is 23.2 Å². The van der Waals surface area contributed by atoms with Gasteiger partial charge in [0.15, 0.2) is 6.20 Å². The summed E-state index contributed by atoms with van der Waals surface area (Å²) in [5.74, 6) is 0.320. The number of imidazole rings is 1. The van der Waals surface area contributed by atoms with Gasteiger partial charge in [0.05, 0.1) is 5.69 Å². The molecule has 0 bridgehead atoms. The highest BCUT2D eigenvalue weighted by Gasteiger charge is 2.35. The highest BCUT2D eigenvalue weighted by Crippen LogP contribution is 2.39. The minimum absolute atomic E-state index is 0.269. The van der Waals surface area contributed by atoms with Gasteiger partial charge in [-0.15, -0.1) is 5.10 Å². The van der Waals surface area contributed by atoms with Crippen LogP contribution in [-0.4, -0.2) is 41.4 Å². The number of tetrazole rings is 1. The molecule has 0 spiro atoms. The molecule has 0 radical (unpaired) electrons. The van der Waals surface area contributed by atoms with Crippen molar-refractivity contribution in [2.24, 2.45) is 0 Å². The van der Waals surface area contributed by atoms with Gasteiger partial charge in [0.25, 0.3) is 0 Å². The molecule has 1 unspecified atom stereocenters. The summed E-state index contributed by atoms with van der Waals surface area (Å²) in [4.78, 5) is 18.7. The number of rotatable bonds is 5. The molecule has 13 heteroatoms. The number of aryl methyl sites for hydroxylation is 1. The predicted octanol–water partition coefficient (Wildman–Crippen LogP) is 4.83. The van der Waals surface area contributed by atoms with Gasteiger partial charge in [0, 0.05) is 33.0 Å². The Labute approximate surface area is 225 Å². The highest BCUT2D eigenvalue weighted by atomic mass is 35.5. The number of hydrogen-bond donors (Lipinski definition) is 3. The largest absolute Gasteiger partial charge is 0.618 e. The van der Waals surface area contributed by atoms with E-state index >= 15 is 0 Å². The van der Waals surface area contributed by atoms with Gasteiger partial charge in [-0.1, -0.05) is 35.3 Å². The van der Waals surface area contributed by atoms with E-state index in [0.717, 1.165) is 15.9 Å². The number of H-pyrrole nitrogens is 1. The van der Waals surface area contributed by atoms with Crippen LogP contribution in [0.25, 0.3) is 28.1 Å². The van der Waals surface area contributed by atoms with Crippen LogP contribution in [0.1, 0.15) is 29.4 Å². The monoisotopic (exact) mass is 548 g/mol. The van der Waals surface area contributed by atoms with Gasteiger partial charge < -0.3 is 15.3 Å². The van der Waals surface area contributed by atoms with E-state index < -0.39 is 6.09 Å². The van der Waals surface area contributed by atoms with Gasteiger partial charge in [0.2, 0.25) is 5.69 Å². The van der Waals surface area contributed by atoms with Gasteiger partial charge in [0.1, 0.15) is 28.9 Å². The van der Waals surface area contributed by atoms with E-state index in [4.69, 9.17) is 33.3 Å². The number of benzene rings is 2. The number of fused-ring (bicyclic) bond motifs is 1. The lowest BCUT2D eigenvalue weighted by Crippen LogP contribution is -2.33. The maximum absolute atomic E-state index is 13.4. The van der Waals surface area contributed by atoms with Crippen LogP contribution in [0, 0.1) is 5.21 Å². The van der Waals surface area contributed by atoms with Crippen molar-refractivity contribution in [3.05, 3.63) is 93.5 Å². The Morgan fingerprint density at radius 1 is 1.16 bits per heavy atom. The first-order valence-electron chi connectivity index (χ1n) is 11.5. The van der Waals surface area contributed by atoms with Gasteiger partial charge in [-0.3, -0.25) is 5.32 Å². The predicted molar refractivity (Wildman–Crippen MR) is 139 cm³/mol. The van der Waals surface area contributed by atoms with Crippen molar-refractivity contribution in [2.45, 2.75) is 18.8 Å². The van der Waals surface area contributed by atoms with Crippen molar-refractivity contribution in [3.8, 4) is 28.1 Å². The summed E-state index contributed by atoms with van der Waals surface area (Å²) >= 11 is 12.8. The Balaban J connectivity index is 1.34. The van der Waals surface area contributed by atoms with Crippen molar-refractivity contribution < 1.29 is 14.6 Å². The van der Waals surface area contributed by atoms with E-state index in [2.05, 4.69) is 25.8 Å². The second-order valence-electron chi connectivity index (χ2n) is 8.76. The first kappa shape index (κ1) is 23.9. The standard InChI is InChI=1S/C25H18Cl2N8O3/c26-16-4-8-20(34-12-28-32-33-34)19(10-16)15-9-14-3-7-18(22(14)35(38)11-15)24-30-21(23(27)31-24)13-1-5-17(6-2-13)29-25(36)37/h1-2,4-6,8-12,18,29H,3,7H2,(H,30,31)(H,36,37). The fraction of sp³-hybridized carbons (Fsp3) is 0.120. The Kier molecular flexibility index (Phi) is 5.93. The number of pyridine rings is 1. The molecule has 6 rings (SSSR count). The number of anilines is 1. The number of aromatic amines is 1. The van der Waals surface area contributed by atoms with E-state index in [1.54, 1.807) is 42.5 Å². The van der Waals surface area contributed by atoms with E-state index in [1.165, 1.54) is 17.2 Å². The number of carbonyl (C=O) groups is 1. The van der Waals surface area contributed by atoms with Crippen LogP contribution in [0.2, 0.25) is 10.2 Å². The molecular weight excluding hydrogens is 531 g/mol. The topological polar surface area (TPSA) is 149 Å². The van der Waals surface area contributed by atoms with Crippen molar-refractivity contribution in [3.63, 3.8) is 0 Å². The Hall–Kier alpha value is -4.48. The third-order valence-electron chi connectivity index (χ3n) is 6.47. The fourth-order valence-corrected chi connectivity index (χ4v) is 5.26. The first-order valence-corrected chi connectivity index (χ1v) is 12.3. The zero-order valence-electron chi connectivity index (χ0n) is 19.5. The number of amides is 1. The molecule has 1 amide bonds. The van der Waals surface area contributed by atoms with E-state index in [0.29, 0.717) is 62.7 Å². The van der Waals surface area contributed by atoms with Crippen LogP contribution in [-0.2, 0) is 6.42 Å². The molecule has 1 aliphatic carbocycles. The van der Waals surface area contributed by atoms with Crippen LogP contribution < -0.4 is 10.0 Å². The Bertz CT molecular complexity index is 1670. The average molecular weight is 549 g/mol. The third kappa shape index (κ3) is 4.31. The number of halogens is 2. The summed E-state index contributed by atoms with van der Waals surface area (Å²) in [5.41, 5.74) is 5.31. The second kappa shape index (κ2) is 9.43. The Morgan fingerprint density at radius 3 is 2.71 bits per heavy atom. The number of hydrogen-bond acceptors (Lipinski definition) is 6. The molecule has 3 aromatic heterocycles. The lowest BCUT2D eigenvalue weighted by atomic mass is 10.0. The minimum Gasteiger partial charge on any atom is -0.618 e. The average Bonchev–Trinajstić information content (AvgIpc) is 3.64. The van der Waals surface area contributed by atoms with Gasteiger partial charge in [-0.25, -0.2) is 9.78 Å².